The van der Waals surface area contributed by atoms with E-state index >= 15 is 0 Å². The Hall–Kier alpha value is -0.0000000000000000555. The number of rotatable bonds is 4. The molecule has 0 saturated heterocycles. The Morgan fingerprint density at radius 1 is 1.45 bits per heavy atom. The maximum absolute atomic E-state index is 11.4. The van der Waals surface area contributed by atoms with Crippen LogP contribution in [-0.4, -0.2) is 36.5 Å². The molecule has 0 amide bonds. The lowest BCUT2D eigenvalue weighted by Crippen LogP contribution is -2.23. The van der Waals surface area contributed by atoms with Crippen LogP contribution in [0.4, 0.5) is 13.2 Å². The molecule has 0 aromatic rings. The summed E-state index contributed by atoms with van der Waals surface area (Å²) in [4.78, 5) is 0. The molecule has 0 aliphatic carbocycles. The highest BCUT2D eigenvalue weighted by molar-refractivity contribution is 6.18. The van der Waals surface area contributed by atoms with Crippen LogP contribution in [0.2, 0.25) is 0 Å². The van der Waals surface area contributed by atoms with Gasteiger partial charge in [-0.25, -0.2) is 0 Å². The zero-order valence-corrected chi connectivity index (χ0v) is 6.32. The fraction of sp³-hybridized carbons (Fsp3) is 1.00. The second-order valence-electron chi connectivity index (χ2n) is 1.94. The summed E-state index contributed by atoms with van der Waals surface area (Å²) in [5, 5.41) is 8.63. The Kier molecular flexibility index (Phi) is 4.79. The van der Waals surface area contributed by atoms with Gasteiger partial charge in [0, 0.05) is 0 Å². The molecular formula is C5H8ClF3O2. The van der Waals surface area contributed by atoms with Crippen LogP contribution >= 0.6 is 11.6 Å². The lowest BCUT2D eigenvalue weighted by Gasteiger charge is -2.09. The van der Waals surface area contributed by atoms with Crippen LogP contribution < -0.4 is 0 Å². The molecule has 0 unspecified atom stereocenters. The zero-order valence-electron chi connectivity index (χ0n) is 5.57. The van der Waals surface area contributed by atoms with Gasteiger partial charge in [0.2, 0.25) is 0 Å². The van der Waals surface area contributed by atoms with Crippen molar-refractivity contribution in [1.29, 1.82) is 0 Å². The molecule has 6 heteroatoms. The smallest absolute Gasteiger partial charge is 0.389 e. The van der Waals surface area contributed by atoms with Crippen molar-refractivity contribution in [2.75, 3.05) is 19.1 Å². The molecule has 11 heavy (non-hydrogen) atoms. The fourth-order valence-corrected chi connectivity index (χ4v) is 0.444. The van der Waals surface area contributed by atoms with Gasteiger partial charge in [0.1, 0.15) is 6.61 Å². The summed E-state index contributed by atoms with van der Waals surface area (Å²) < 4.78 is 38.2. The maximum atomic E-state index is 11.4. The molecule has 0 aromatic heterocycles. The molecule has 0 saturated carbocycles. The van der Waals surface area contributed by atoms with Crippen LogP contribution in [0, 0.1) is 0 Å². The quantitative estimate of drug-likeness (QED) is 0.678. The minimum Gasteiger partial charge on any atom is -0.389 e. The van der Waals surface area contributed by atoms with E-state index in [1.807, 2.05) is 0 Å². The van der Waals surface area contributed by atoms with E-state index in [0.29, 0.717) is 0 Å². The number of ether oxygens (including phenoxy) is 1. The normalized spacial score (nSPS) is 15.0. The van der Waals surface area contributed by atoms with E-state index in [0.717, 1.165) is 0 Å². The first-order valence-corrected chi connectivity index (χ1v) is 3.37. The average Bonchev–Trinajstić information content (AvgIpc) is 1.85. The monoisotopic (exact) mass is 192 g/mol. The molecule has 0 bridgehead atoms. The molecule has 68 valence electrons. The SMILES string of the molecule is O[C@@H](CCl)COCC(F)(F)F. The summed E-state index contributed by atoms with van der Waals surface area (Å²) in [6.45, 7) is -1.73. The number of aliphatic hydroxyl groups is 1. The van der Waals surface area contributed by atoms with Crippen LogP contribution in [0.3, 0.4) is 0 Å². The molecule has 0 radical (unpaired) electrons. The summed E-state index contributed by atoms with van der Waals surface area (Å²) in [6, 6.07) is 0. The number of halogens is 4. The minimum atomic E-state index is -4.34. The van der Waals surface area contributed by atoms with Gasteiger partial charge < -0.3 is 9.84 Å². The highest BCUT2D eigenvalue weighted by Crippen LogP contribution is 2.14. The zero-order chi connectivity index (χ0) is 8.91. The van der Waals surface area contributed by atoms with Crippen LogP contribution in [0.5, 0.6) is 0 Å². The van der Waals surface area contributed by atoms with Crippen molar-refractivity contribution in [1.82, 2.24) is 0 Å². The van der Waals surface area contributed by atoms with Gasteiger partial charge in [-0.05, 0) is 0 Å². The third-order valence-electron chi connectivity index (χ3n) is 0.754. The van der Waals surface area contributed by atoms with Gasteiger partial charge in [-0.1, -0.05) is 0 Å². The lowest BCUT2D eigenvalue weighted by molar-refractivity contribution is -0.178. The summed E-state index contributed by atoms with van der Waals surface area (Å²) in [5.74, 6) is -0.127. The molecule has 1 atom stereocenters. The first-order chi connectivity index (χ1) is 4.95. The molecular weight excluding hydrogens is 184 g/mol. The van der Waals surface area contributed by atoms with Crippen molar-refractivity contribution in [3.05, 3.63) is 0 Å². The van der Waals surface area contributed by atoms with Gasteiger partial charge in [-0.15, -0.1) is 11.6 Å². The standard InChI is InChI=1S/C5H8ClF3O2/c6-1-4(10)2-11-3-5(7,8)9/h4,10H,1-3H2/t4-/m0/s1. The van der Waals surface area contributed by atoms with E-state index in [-0.39, 0.29) is 12.5 Å². The summed E-state index contributed by atoms with van der Waals surface area (Å²) in [6.07, 6.45) is -5.37. The highest BCUT2D eigenvalue weighted by Gasteiger charge is 2.27. The third-order valence-corrected chi connectivity index (χ3v) is 1.11. The van der Waals surface area contributed by atoms with Crippen LogP contribution in [0.25, 0.3) is 0 Å². The molecule has 0 aliphatic heterocycles. The number of hydrogen-bond donors (Lipinski definition) is 1. The van der Waals surface area contributed by atoms with E-state index in [9.17, 15) is 13.2 Å². The van der Waals surface area contributed by atoms with E-state index in [1.165, 1.54) is 0 Å². The molecule has 0 aliphatic rings. The molecule has 0 heterocycles. The van der Waals surface area contributed by atoms with Crippen molar-refractivity contribution in [3.8, 4) is 0 Å². The molecule has 0 fully saturated rings. The van der Waals surface area contributed by atoms with Crippen molar-refractivity contribution in [2.24, 2.45) is 0 Å². The van der Waals surface area contributed by atoms with Gasteiger partial charge in [0.25, 0.3) is 0 Å². The van der Waals surface area contributed by atoms with Crippen molar-refractivity contribution >= 4 is 11.6 Å². The van der Waals surface area contributed by atoms with Crippen LogP contribution in [-0.2, 0) is 4.74 Å². The topological polar surface area (TPSA) is 29.5 Å². The van der Waals surface area contributed by atoms with Crippen LogP contribution in [0.1, 0.15) is 0 Å². The molecule has 0 spiro atoms. The molecule has 2 nitrogen and oxygen atoms in total. The second kappa shape index (κ2) is 4.79. The average molecular weight is 193 g/mol. The number of hydrogen-bond acceptors (Lipinski definition) is 2. The van der Waals surface area contributed by atoms with Gasteiger partial charge in [-0.2, -0.15) is 13.2 Å². The first-order valence-electron chi connectivity index (χ1n) is 2.84. The predicted octanol–water partition coefficient (Wildman–Crippen LogP) is 1.17. The van der Waals surface area contributed by atoms with Gasteiger partial charge in [-0.3, -0.25) is 0 Å². The Morgan fingerprint density at radius 3 is 2.36 bits per heavy atom. The van der Waals surface area contributed by atoms with Crippen LogP contribution in [0.15, 0.2) is 0 Å². The summed E-state index contributed by atoms with van der Waals surface area (Å²) >= 11 is 5.09. The molecule has 0 aromatic carbocycles. The van der Waals surface area contributed by atoms with E-state index in [1.54, 1.807) is 0 Å². The minimum absolute atomic E-state index is 0.127. The second-order valence-corrected chi connectivity index (χ2v) is 2.25. The number of aliphatic hydroxyl groups excluding tert-OH is 1. The first kappa shape index (κ1) is 11.0. The lowest BCUT2D eigenvalue weighted by atomic mass is 10.4. The molecule has 1 N–H and O–H groups in total. The number of alkyl halides is 4. The Balaban J connectivity index is 3.28. The maximum Gasteiger partial charge on any atom is 0.411 e. The summed E-state index contributed by atoms with van der Waals surface area (Å²) in [5.41, 5.74) is 0. The van der Waals surface area contributed by atoms with Gasteiger partial charge in [0.15, 0.2) is 0 Å². The third kappa shape index (κ3) is 7.90. The predicted molar refractivity (Wildman–Crippen MR) is 33.6 cm³/mol. The Bertz CT molecular complexity index is 106. The summed E-state index contributed by atoms with van der Waals surface area (Å²) in [7, 11) is 0. The highest BCUT2D eigenvalue weighted by atomic mass is 35.5. The van der Waals surface area contributed by atoms with Crippen molar-refractivity contribution in [2.45, 2.75) is 12.3 Å². The molecule has 0 rings (SSSR count). The van der Waals surface area contributed by atoms with Gasteiger partial charge >= 0.3 is 6.18 Å². The van der Waals surface area contributed by atoms with Crippen molar-refractivity contribution in [3.63, 3.8) is 0 Å². The van der Waals surface area contributed by atoms with E-state index in [2.05, 4.69) is 4.74 Å². The largest absolute Gasteiger partial charge is 0.411 e. The van der Waals surface area contributed by atoms with E-state index in [4.69, 9.17) is 16.7 Å². The van der Waals surface area contributed by atoms with Gasteiger partial charge in [0.05, 0.1) is 18.6 Å². The Morgan fingerprint density at radius 2 is 2.00 bits per heavy atom. The Labute approximate surface area is 66.9 Å². The van der Waals surface area contributed by atoms with E-state index < -0.39 is 18.9 Å². The van der Waals surface area contributed by atoms with Crippen molar-refractivity contribution < 1.29 is 23.0 Å². The fourth-order valence-electron chi connectivity index (χ4n) is 0.355.